The van der Waals surface area contributed by atoms with Crippen molar-refractivity contribution < 1.29 is 9.59 Å². The Morgan fingerprint density at radius 1 is 1.33 bits per heavy atom. The van der Waals surface area contributed by atoms with Crippen LogP contribution >= 0.6 is 0 Å². The van der Waals surface area contributed by atoms with E-state index in [2.05, 4.69) is 0 Å². The van der Waals surface area contributed by atoms with Gasteiger partial charge in [0.25, 0.3) is 5.91 Å². The lowest BCUT2D eigenvalue weighted by atomic mass is 9.82. The highest BCUT2D eigenvalue weighted by molar-refractivity contribution is 5.96. The van der Waals surface area contributed by atoms with Crippen molar-refractivity contribution >= 4 is 11.7 Å². The van der Waals surface area contributed by atoms with Crippen molar-refractivity contribution in [3.63, 3.8) is 0 Å². The second-order valence-electron chi connectivity index (χ2n) is 5.65. The standard InChI is InChI=1S/C15H19NO2/c1-11-5-4-6-12(9-11)14(18)16-8-7-13(17)15(2,3)10-16/h4-6,9H,7-8,10H2,1-3H3. The van der Waals surface area contributed by atoms with E-state index < -0.39 is 5.41 Å². The van der Waals surface area contributed by atoms with Crippen LogP contribution in [0.2, 0.25) is 0 Å². The van der Waals surface area contributed by atoms with Crippen LogP contribution in [0.15, 0.2) is 24.3 Å². The molecule has 1 heterocycles. The molecule has 0 radical (unpaired) electrons. The highest BCUT2D eigenvalue weighted by atomic mass is 16.2. The van der Waals surface area contributed by atoms with E-state index in [-0.39, 0.29) is 11.7 Å². The van der Waals surface area contributed by atoms with Crippen LogP contribution in [-0.2, 0) is 4.79 Å². The topological polar surface area (TPSA) is 37.4 Å². The van der Waals surface area contributed by atoms with Gasteiger partial charge in [0.1, 0.15) is 5.78 Å². The molecular formula is C15H19NO2. The third kappa shape index (κ3) is 2.45. The first-order valence-corrected chi connectivity index (χ1v) is 6.29. The Hall–Kier alpha value is -1.64. The van der Waals surface area contributed by atoms with Gasteiger partial charge < -0.3 is 4.90 Å². The van der Waals surface area contributed by atoms with Gasteiger partial charge in [-0.25, -0.2) is 0 Å². The lowest BCUT2D eigenvalue weighted by Crippen LogP contribution is -2.48. The van der Waals surface area contributed by atoms with Gasteiger partial charge in [-0.05, 0) is 19.1 Å². The maximum Gasteiger partial charge on any atom is 0.253 e. The number of carbonyl (C=O) groups excluding carboxylic acids is 2. The lowest BCUT2D eigenvalue weighted by molar-refractivity contribution is -0.130. The summed E-state index contributed by atoms with van der Waals surface area (Å²) in [5, 5.41) is 0. The number of piperidine rings is 1. The van der Waals surface area contributed by atoms with Crippen LogP contribution in [-0.4, -0.2) is 29.7 Å². The number of hydrogen-bond donors (Lipinski definition) is 0. The normalized spacial score (nSPS) is 18.8. The zero-order valence-electron chi connectivity index (χ0n) is 11.2. The van der Waals surface area contributed by atoms with E-state index in [1.54, 1.807) is 4.90 Å². The summed E-state index contributed by atoms with van der Waals surface area (Å²) < 4.78 is 0. The summed E-state index contributed by atoms with van der Waals surface area (Å²) in [6, 6.07) is 7.59. The van der Waals surface area contributed by atoms with Crippen molar-refractivity contribution in [3.05, 3.63) is 35.4 Å². The van der Waals surface area contributed by atoms with Crippen LogP contribution in [0, 0.1) is 12.3 Å². The van der Waals surface area contributed by atoms with E-state index in [1.807, 2.05) is 45.0 Å². The first-order chi connectivity index (χ1) is 8.40. The second kappa shape index (κ2) is 4.56. The third-order valence-electron chi connectivity index (χ3n) is 3.50. The molecule has 1 fully saturated rings. The molecule has 2 rings (SSSR count). The number of Topliss-reactive ketones (excluding diaryl/α,β-unsaturated/α-hetero) is 1. The average Bonchev–Trinajstić information content (AvgIpc) is 2.31. The number of hydrogen-bond acceptors (Lipinski definition) is 2. The van der Waals surface area contributed by atoms with Gasteiger partial charge in [0.2, 0.25) is 0 Å². The lowest BCUT2D eigenvalue weighted by Gasteiger charge is -2.36. The molecule has 0 unspecified atom stereocenters. The Morgan fingerprint density at radius 2 is 2.06 bits per heavy atom. The second-order valence-corrected chi connectivity index (χ2v) is 5.65. The average molecular weight is 245 g/mol. The van der Waals surface area contributed by atoms with Crippen LogP contribution in [0.1, 0.15) is 36.2 Å². The van der Waals surface area contributed by atoms with E-state index >= 15 is 0 Å². The maximum absolute atomic E-state index is 12.4. The monoisotopic (exact) mass is 245 g/mol. The summed E-state index contributed by atoms with van der Waals surface area (Å²) in [4.78, 5) is 25.9. The van der Waals surface area contributed by atoms with Gasteiger partial charge in [-0.2, -0.15) is 0 Å². The summed E-state index contributed by atoms with van der Waals surface area (Å²) in [5.74, 6) is 0.273. The fourth-order valence-electron chi connectivity index (χ4n) is 2.35. The van der Waals surface area contributed by atoms with Crippen molar-refractivity contribution in [1.29, 1.82) is 0 Å². The molecule has 3 nitrogen and oxygen atoms in total. The molecule has 0 aliphatic carbocycles. The molecule has 18 heavy (non-hydrogen) atoms. The molecule has 0 saturated carbocycles. The summed E-state index contributed by atoms with van der Waals surface area (Å²) in [7, 11) is 0. The highest BCUT2D eigenvalue weighted by Gasteiger charge is 2.36. The number of carbonyl (C=O) groups is 2. The van der Waals surface area contributed by atoms with Gasteiger partial charge in [-0.1, -0.05) is 31.5 Å². The summed E-state index contributed by atoms with van der Waals surface area (Å²) >= 11 is 0. The van der Waals surface area contributed by atoms with E-state index in [0.29, 0.717) is 25.1 Å². The van der Waals surface area contributed by atoms with Crippen LogP contribution in [0.3, 0.4) is 0 Å². The zero-order chi connectivity index (χ0) is 13.3. The molecule has 1 amide bonds. The predicted octanol–water partition coefficient (Wildman–Crippen LogP) is 2.44. The van der Waals surface area contributed by atoms with Crippen LogP contribution < -0.4 is 0 Å². The SMILES string of the molecule is Cc1cccc(C(=O)N2CCC(=O)C(C)(C)C2)c1. The summed E-state index contributed by atoms with van der Waals surface area (Å²) in [6.07, 6.45) is 0.463. The third-order valence-corrected chi connectivity index (χ3v) is 3.50. The molecule has 1 aliphatic rings. The number of likely N-dealkylation sites (tertiary alicyclic amines) is 1. The van der Waals surface area contributed by atoms with Crippen molar-refractivity contribution in [2.45, 2.75) is 27.2 Å². The van der Waals surface area contributed by atoms with Gasteiger partial charge in [-0.3, -0.25) is 9.59 Å². The number of benzene rings is 1. The number of rotatable bonds is 1. The Morgan fingerprint density at radius 3 is 2.67 bits per heavy atom. The Bertz CT molecular complexity index is 491. The minimum absolute atomic E-state index is 0.0271. The van der Waals surface area contributed by atoms with Crippen molar-refractivity contribution in [2.24, 2.45) is 5.41 Å². The molecule has 0 bridgehead atoms. The Kier molecular flexibility index (Phi) is 3.24. The minimum Gasteiger partial charge on any atom is -0.337 e. The smallest absolute Gasteiger partial charge is 0.253 e. The first kappa shape index (κ1) is 12.8. The van der Waals surface area contributed by atoms with E-state index in [1.165, 1.54) is 0 Å². The van der Waals surface area contributed by atoms with Gasteiger partial charge >= 0.3 is 0 Å². The van der Waals surface area contributed by atoms with Gasteiger partial charge in [0, 0.05) is 30.5 Å². The minimum atomic E-state index is -0.419. The molecule has 0 aromatic heterocycles. The Balaban J connectivity index is 2.18. The number of aryl methyl sites for hydroxylation is 1. The fourth-order valence-corrected chi connectivity index (χ4v) is 2.35. The largest absolute Gasteiger partial charge is 0.337 e. The molecule has 96 valence electrons. The number of nitrogens with zero attached hydrogens (tertiary/aromatic N) is 1. The summed E-state index contributed by atoms with van der Waals surface area (Å²) in [5.41, 5.74) is 1.37. The summed E-state index contributed by atoms with van der Waals surface area (Å²) in [6.45, 7) is 6.84. The molecular weight excluding hydrogens is 226 g/mol. The van der Waals surface area contributed by atoms with E-state index in [4.69, 9.17) is 0 Å². The highest BCUT2D eigenvalue weighted by Crippen LogP contribution is 2.26. The van der Waals surface area contributed by atoms with Crippen molar-refractivity contribution in [1.82, 2.24) is 4.90 Å². The van der Waals surface area contributed by atoms with Gasteiger partial charge in [0.05, 0.1) is 0 Å². The van der Waals surface area contributed by atoms with Gasteiger partial charge in [-0.15, -0.1) is 0 Å². The quantitative estimate of drug-likeness (QED) is 0.762. The number of amides is 1. The van der Waals surface area contributed by atoms with Gasteiger partial charge in [0.15, 0.2) is 0 Å². The molecule has 1 saturated heterocycles. The number of ketones is 1. The molecule has 1 aliphatic heterocycles. The van der Waals surface area contributed by atoms with E-state index in [0.717, 1.165) is 5.56 Å². The first-order valence-electron chi connectivity index (χ1n) is 6.29. The van der Waals surface area contributed by atoms with Crippen molar-refractivity contribution in [3.8, 4) is 0 Å². The predicted molar refractivity (Wildman–Crippen MR) is 70.5 cm³/mol. The molecule has 3 heteroatoms. The van der Waals surface area contributed by atoms with Crippen LogP contribution in [0.25, 0.3) is 0 Å². The van der Waals surface area contributed by atoms with Crippen LogP contribution in [0.4, 0.5) is 0 Å². The van der Waals surface area contributed by atoms with Crippen LogP contribution in [0.5, 0.6) is 0 Å². The fraction of sp³-hybridized carbons (Fsp3) is 0.467. The molecule has 0 atom stereocenters. The molecule has 1 aromatic rings. The Labute approximate surface area is 108 Å². The van der Waals surface area contributed by atoms with Crippen molar-refractivity contribution in [2.75, 3.05) is 13.1 Å². The molecule has 1 aromatic carbocycles. The maximum atomic E-state index is 12.4. The molecule has 0 spiro atoms. The molecule has 0 N–H and O–H groups in total. The van der Waals surface area contributed by atoms with E-state index in [9.17, 15) is 9.59 Å². The zero-order valence-corrected chi connectivity index (χ0v) is 11.2.